The zero-order chi connectivity index (χ0) is 15.2. The van der Waals surface area contributed by atoms with Crippen molar-refractivity contribution in [1.29, 1.82) is 0 Å². The van der Waals surface area contributed by atoms with Gasteiger partial charge in [-0.3, -0.25) is 0 Å². The van der Waals surface area contributed by atoms with Crippen LogP contribution < -0.4 is 10.1 Å². The summed E-state index contributed by atoms with van der Waals surface area (Å²) in [6.45, 7) is 4.93. The highest BCUT2D eigenvalue weighted by Crippen LogP contribution is 2.18. The first-order valence-corrected chi connectivity index (χ1v) is 6.93. The molecule has 0 saturated carbocycles. The molecule has 4 heteroatoms. The molecule has 0 spiro atoms. The molecule has 0 fully saturated rings. The smallest absolute Gasteiger partial charge is 0.127 e. The van der Waals surface area contributed by atoms with Crippen LogP contribution in [0.5, 0.6) is 5.75 Å². The van der Waals surface area contributed by atoms with Gasteiger partial charge in [0.15, 0.2) is 0 Å². The Balaban J connectivity index is 2.00. The van der Waals surface area contributed by atoms with Gasteiger partial charge in [-0.15, -0.1) is 0 Å². The van der Waals surface area contributed by atoms with Gasteiger partial charge in [0.2, 0.25) is 0 Å². The third kappa shape index (κ3) is 5.16. The summed E-state index contributed by atoms with van der Waals surface area (Å²) in [5.74, 6) is -0.140. The SMILES string of the molecule is CC(C)NCc1cc(F)cc(OCc2ccc(F)cc2)c1. The van der Waals surface area contributed by atoms with Gasteiger partial charge >= 0.3 is 0 Å². The van der Waals surface area contributed by atoms with Crippen LogP contribution in [-0.2, 0) is 13.2 Å². The Morgan fingerprint density at radius 2 is 1.67 bits per heavy atom. The Morgan fingerprint density at radius 1 is 0.952 bits per heavy atom. The monoisotopic (exact) mass is 291 g/mol. The lowest BCUT2D eigenvalue weighted by atomic mass is 10.2. The summed E-state index contributed by atoms with van der Waals surface area (Å²) in [4.78, 5) is 0. The lowest BCUT2D eigenvalue weighted by Gasteiger charge is -2.11. The molecule has 0 radical (unpaired) electrons. The fourth-order valence-electron chi connectivity index (χ4n) is 1.88. The molecule has 21 heavy (non-hydrogen) atoms. The standard InChI is InChI=1S/C17H19F2NO/c1-12(2)20-10-14-7-16(19)9-17(8-14)21-11-13-3-5-15(18)6-4-13/h3-9,12,20H,10-11H2,1-2H3. The van der Waals surface area contributed by atoms with Crippen molar-refractivity contribution in [3.8, 4) is 5.75 Å². The molecule has 0 aliphatic rings. The van der Waals surface area contributed by atoms with Crippen LogP contribution in [0.2, 0.25) is 0 Å². The Kier molecular flexibility index (Phi) is 5.28. The maximum atomic E-state index is 13.6. The minimum atomic E-state index is -0.327. The minimum Gasteiger partial charge on any atom is -0.489 e. The molecule has 112 valence electrons. The first kappa shape index (κ1) is 15.4. The van der Waals surface area contributed by atoms with Gasteiger partial charge in [0.1, 0.15) is 24.0 Å². The molecular formula is C17H19F2NO. The van der Waals surface area contributed by atoms with E-state index in [9.17, 15) is 8.78 Å². The third-order valence-corrected chi connectivity index (χ3v) is 2.96. The Hall–Kier alpha value is -1.94. The Labute approximate surface area is 123 Å². The first-order valence-electron chi connectivity index (χ1n) is 6.93. The van der Waals surface area contributed by atoms with Gasteiger partial charge in [-0.05, 0) is 35.4 Å². The number of rotatable bonds is 6. The first-order chi connectivity index (χ1) is 10.0. The van der Waals surface area contributed by atoms with E-state index < -0.39 is 0 Å². The Bertz CT molecular complexity index is 582. The Morgan fingerprint density at radius 3 is 2.33 bits per heavy atom. The van der Waals surface area contributed by atoms with Gasteiger partial charge in [0.25, 0.3) is 0 Å². The van der Waals surface area contributed by atoms with E-state index in [1.807, 2.05) is 19.9 Å². The van der Waals surface area contributed by atoms with Crippen molar-refractivity contribution in [3.63, 3.8) is 0 Å². The highest BCUT2D eigenvalue weighted by atomic mass is 19.1. The molecule has 0 aliphatic carbocycles. The molecule has 2 rings (SSSR count). The van der Waals surface area contributed by atoms with Gasteiger partial charge in [-0.1, -0.05) is 26.0 Å². The topological polar surface area (TPSA) is 21.3 Å². The van der Waals surface area contributed by atoms with E-state index in [1.165, 1.54) is 24.3 Å². The molecule has 0 unspecified atom stereocenters. The summed E-state index contributed by atoms with van der Waals surface area (Å²) in [6.07, 6.45) is 0. The lowest BCUT2D eigenvalue weighted by Crippen LogP contribution is -2.21. The second-order valence-electron chi connectivity index (χ2n) is 5.25. The van der Waals surface area contributed by atoms with Crippen molar-refractivity contribution in [2.24, 2.45) is 0 Å². The minimum absolute atomic E-state index is 0.279. The van der Waals surface area contributed by atoms with E-state index in [2.05, 4.69) is 5.32 Å². The van der Waals surface area contributed by atoms with E-state index in [0.29, 0.717) is 18.3 Å². The highest BCUT2D eigenvalue weighted by molar-refractivity contribution is 5.30. The van der Waals surface area contributed by atoms with E-state index in [1.54, 1.807) is 12.1 Å². The van der Waals surface area contributed by atoms with Crippen LogP contribution in [0.4, 0.5) is 8.78 Å². The summed E-state index contributed by atoms with van der Waals surface area (Å²) in [5, 5.41) is 3.23. The molecule has 0 atom stereocenters. The zero-order valence-corrected chi connectivity index (χ0v) is 12.2. The second kappa shape index (κ2) is 7.18. The maximum absolute atomic E-state index is 13.6. The molecule has 2 aromatic rings. The number of hydrogen-bond acceptors (Lipinski definition) is 2. The second-order valence-corrected chi connectivity index (χ2v) is 5.25. The summed E-state index contributed by atoms with van der Waals surface area (Å²) in [6, 6.07) is 11.0. The maximum Gasteiger partial charge on any atom is 0.127 e. The largest absolute Gasteiger partial charge is 0.489 e. The van der Waals surface area contributed by atoms with Crippen LogP contribution in [0.1, 0.15) is 25.0 Å². The zero-order valence-electron chi connectivity index (χ0n) is 12.2. The van der Waals surface area contributed by atoms with Gasteiger partial charge in [-0.2, -0.15) is 0 Å². The quantitative estimate of drug-likeness (QED) is 0.867. The van der Waals surface area contributed by atoms with E-state index in [4.69, 9.17) is 4.74 Å². The average Bonchev–Trinajstić information content (AvgIpc) is 2.44. The molecule has 1 N–H and O–H groups in total. The van der Waals surface area contributed by atoms with Crippen molar-refractivity contribution in [1.82, 2.24) is 5.32 Å². The van der Waals surface area contributed by atoms with Crippen LogP contribution in [0.15, 0.2) is 42.5 Å². The van der Waals surface area contributed by atoms with Crippen LogP contribution >= 0.6 is 0 Å². The molecule has 0 aliphatic heterocycles. The van der Waals surface area contributed by atoms with Gasteiger partial charge < -0.3 is 10.1 Å². The van der Waals surface area contributed by atoms with Crippen LogP contribution in [0.25, 0.3) is 0 Å². The van der Waals surface area contributed by atoms with Crippen LogP contribution in [0, 0.1) is 11.6 Å². The van der Waals surface area contributed by atoms with Gasteiger partial charge in [0.05, 0.1) is 0 Å². The molecule has 0 bridgehead atoms. The number of benzene rings is 2. The number of ether oxygens (including phenoxy) is 1. The van der Waals surface area contributed by atoms with Crippen LogP contribution in [0.3, 0.4) is 0 Å². The summed E-state index contributed by atoms with van der Waals surface area (Å²) >= 11 is 0. The molecule has 0 amide bonds. The molecular weight excluding hydrogens is 272 g/mol. The lowest BCUT2D eigenvalue weighted by molar-refractivity contribution is 0.304. The van der Waals surface area contributed by atoms with E-state index >= 15 is 0 Å². The summed E-state index contributed by atoms with van der Waals surface area (Å²) < 4.78 is 32.0. The summed E-state index contributed by atoms with van der Waals surface area (Å²) in [5.41, 5.74) is 1.67. The average molecular weight is 291 g/mol. The fraction of sp³-hybridized carbons (Fsp3) is 0.294. The molecule has 2 aromatic carbocycles. The van der Waals surface area contributed by atoms with E-state index in [0.717, 1.165) is 11.1 Å². The molecule has 0 heterocycles. The van der Waals surface area contributed by atoms with Crippen LogP contribution in [-0.4, -0.2) is 6.04 Å². The van der Waals surface area contributed by atoms with Gasteiger partial charge in [-0.25, -0.2) is 8.78 Å². The predicted molar refractivity (Wildman–Crippen MR) is 79.1 cm³/mol. The van der Waals surface area contributed by atoms with Crippen molar-refractivity contribution < 1.29 is 13.5 Å². The molecule has 0 aromatic heterocycles. The van der Waals surface area contributed by atoms with Crippen molar-refractivity contribution in [2.75, 3.05) is 0 Å². The number of halogens is 2. The van der Waals surface area contributed by atoms with Crippen molar-refractivity contribution in [3.05, 3.63) is 65.2 Å². The highest BCUT2D eigenvalue weighted by Gasteiger charge is 2.04. The molecule has 0 saturated heterocycles. The van der Waals surface area contributed by atoms with E-state index in [-0.39, 0.29) is 18.2 Å². The van der Waals surface area contributed by atoms with Crippen molar-refractivity contribution >= 4 is 0 Å². The van der Waals surface area contributed by atoms with Gasteiger partial charge in [0, 0.05) is 18.7 Å². The fourth-order valence-corrected chi connectivity index (χ4v) is 1.88. The molecule has 2 nitrogen and oxygen atoms in total. The van der Waals surface area contributed by atoms with Crippen molar-refractivity contribution in [2.45, 2.75) is 33.0 Å². The number of nitrogens with one attached hydrogen (secondary N) is 1. The normalized spacial score (nSPS) is 10.9. The summed E-state index contributed by atoms with van der Waals surface area (Å²) in [7, 11) is 0. The number of hydrogen-bond donors (Lipinski definition) is 1. The third-order valence-electron chi connectivity index (χ3n) is 2.96. The predicted octanol–water partition coefficient (Wildman–Crippen LogP) is 4.04.